The topological polar surface area (TPSA) is 23.6 Å². The van der Waals surface area contributed by atoms with Crippen molar-refractivity contribution < 1.29 is 4.79 Å². The second-order valence-electron chi connectivity index (χ2n) is 5.41. The minimum absolute atomic E-state index is 0.0328. The SMILES string of the molecule is O=C(c1ccc(Cl)cc1)N1CCN(c2cc(Cl)cc(Cl)c2)CC1. The summed E-state index contributed by atoms with van der Waals surface area (Å²) in [7, 11) is 0. The molecule has 23 heavy (non-hydrogen) atoms. The van der Waals surface area contributed by atoms with E-state index >= 15 is 0 Å². The number of hydrogen-bond acceptors (Lipinski definition) is 2. The molecule has 0 spiro atoms. The fourth-order valence-electron chi connectivity index (χ4n) is 2.66. The minimum atomic E-state index is 0.0328. The standard InChI is InChI=1S/C17H15Cl3N2O/c18-13-3-1-12(2-4-13)17(23)22-7-5-21(6-8-22)16-10-14(19)9-15(20)11-16/h1-4,9-11H,5-8H2. The minimum Gasteiger partial charge on any atom is -0.368 e. The zero-order valence-corrected chi connectivity index (χ0v) is 14.6. The number of halogens is 3. The molecule has 2 aromatic carbocycles. The van der Waals surface area contributed by atoms with E-state index in [1.54, 1.807) is 30.3 Å². The number of carbonyl (C=O) groups is 1. The molecule has 0 aromatic heterocycles. The molecule has 1 heterocycles. The van der Waals surface area contributed by atoms with Gasteiger partial charge in [-0.05, 0) is 42.5 Å². The van der Waals surface area contributed by atoms with Gasteiger partial charge in [0.15, 0.2) is 0 Å². The van der Waals surface area contributed by atoms with Crippen LogP contribution in [-0.2, 0) is 0 Å². The maximum atomic E-state index is 12.5. The summed E-state index contributed by atoms with van der Waals surface area (Å²) in [6.07, 6.45) is 0. The summed E-state index contributed by atoms with van der Waals surface area (Å²) in [6.45, 7) is 2.81. The molecule has 0 bridgehead atoms. The van der Waals surface area contributed by atoms with Gasteiger partial charge in [0.25, 0.3) is 5.91 Å². The van der Waals surface area contributed by atoms with E-state index in [2.05, 4.69) is 4.90 Å². The predicted molar refractivity (Wildman–Crippen MR) is 96.0 cm³/mol. The molecule has 2 aromatic rings. The Bertz CT molecular complexity index is 690. The van der Waals surface area contributed by atoms with Crippen LogP contribution in [0.2, 0.25) is 15.1 Å². The van der Waals surface area contributed by atoms with E-state index < -0.39 is 0 Å². The lowest BCUT2D eigenvalue weighted by Crippen LogP contribution is -2.48. The quantitative estimate of drug-likeness (QED) is 0.772. The van der Waals surface area contributed by atoms with Gasteiger partial charge in [-0.25, -0.2) is 0 Å². The lowest BCUT2D eigenvalue weighted by Gasteiger charge is -2.36. The third kappa shape index (κ3) is 3.92. The normalized spacial score (nSPS) is 14.9. The van der Waals surface area contributed by atoms with Crippen molar-refractivity contribution in [2.45, 2.75) is 0 Å². The summed E-state index contributed by atoms with van der Waals surface area (Å²) in [6, 6.07) is 12.5. The summed E-state index contributed by atoms with van der Waals surface area (Å²) < 4.78 is 0. The Balaban J connectivity index is 1.66. The smallest absolute Gasteiger partial charge is 0.253 e. The number of hydrogen-bond donors (Lipinski definition) is 0. The summed E-state index contributed by atoms with van der Waals surface area (Å²) in [5, 5.41) is 1.86. The van der Waals surface area contributed by atoms with Crippen LogP contribution in [0.3, 0.4) is 0 Å². The molecular weight excluding hydrogens is 355 g/mol. The average molecular weight is 370 g/mol. The maximum absolute atomic E-state index is 12.5. The van der Waals surface area contributed by atoms with Gasteiger partial charge in [0.1, 0.15) is 0 Å². The summed E-state index contributed by atoms with van der Waals surface area (Å²) in [5.74, 6) is 0.0328. The third-order valence-corrected chi connectivity index (χ3v) is 4.56. The van der Waals surface area contributed by atoms with Gasteiger partial charge in [0.05, 0.1) is 0 Å². The van der Waals surface area contributed by atoms with Crippen molar-refractivity contribution in [2.24, 2.45) is 0 Å². The number of benzene rings is 2. The lowest BCUT2D eigenvalue weighted by molar-refractivity contribution is 0.0747. The second-order valence-corrected chi connectivity index (χ2v) is 6.72. The van der Waals surface area contributed by atoms with Crippen LogP contribution in [0.4, 0.5) is 5.69 Å². The molecule has 0 aliphatic carbocycles. The van der Waals surface area contributed by atoms with Crippen LogP contribution in [-0.4, -0.2) is 37.0 Å². The van der Waals surface area contributed by atoms with Crippen molar-refractivity contribution >= 4 is 46.4 Å². The van der Waals surface area contributed by atoms with Gasteiger partial charge in [-0.3, -0.25) is 4.79 Å². The molecule has 3 nitrogen and oxygen atoms in total. The van der Waals surface area contributed by atoms with Crippen LogP contribution in [0, 0.1) is 0 Å². The Kier molecular flexibility index (Phi) is 5.00. The van der Waals surface area contributed by atoms with Crippen LogP contribution in [0.25, 0.3) is 0 Å². The lowest BCUT2D eigenvalue weighted by atomic mass is 10.1. The number of carbonyl (C=O) groups excluding carboxylic acids is 1. The number of amides is 1. The molecule has 1 fully saturated rings. The van der Waals surface area contributed by atoms with E-state index in [1.165, 1.54) is 0 Å². The van der Waals surface area contributed by atoms with E-state index in [9.17, 15) is 4.79 Å². The average Bonchev–Trinajstić information content (AvgIpc) is 2.54. The first-order chi connectivity index (χ1) is 11.0. The molecule has 120 valence electrons. The van der Waals surface area contributed by atoms with Crippen LogP contribution >= 0.6 is 34.8 Å². The Morgan fingerprint density at radius 3 is 1.91 bits per heavy atom. The molecule has 1 aliphatic rings. The van der Waals surface area contributed by atoms with Gasteiger partial charge in [0, 0.05) is 52.5 Å². The number of anilines is 1. The molecule has 1 aliphatic heterocycles. The molecule has 0 radical (unpaired) electrons. The fraction of sp³-hybridized carbons (Fsp3) is 0.235. The molecule has 1 amide bonds. The van der Waals surface area contributed by atoms with Crippen molar-refractivity contribution in [1.82, 2.24) is 4.90 Å². The monoisotopic (exact) mass is 368 g/mol. The number of rotatable bonds is 2. The van der Waals surface area contributed by atoms with Crippen molar-refractivity contribution in [2.75, 3.05) is 31.1 Å². The number of nitrogens with zero attached hydrogens (tertiary/aromatic N) is 2. The molecular formula is C17H15Cl3N2O. The van der Waals surface area contributed by atoms with Crippen molar-refractivity contribution in [1.29, 1.82) is 0 Å². The Morgan fingerprint density at radius 1 is 0.783 bits per heavy atom. The molecule has 0 N–H and O–H groups in total. The summed E-state index contributed by atoms with van der Waals surface area (Å²) in [5.41, 5.74) is 1.65. The van der Waals surface area contributed by atoms with Crippen molar-refractivity contribution in [3.05, 3.63) is 63.1 Å². The highest BCUT2D eigenvalue weighted by Gasteiger charge is 2.22. The highest BCUT2D eigenvalue weighted by molar-refractivity contribution is 6.35. The molecule has 0 saturated carbocycles. The largest absolute Gasteiger partial charge is 0.368 e. The Labute approximate surface area is 150 Å². The van der Waals surface area contributed by atoms with Gasteiger partial charge in [-0.1, -0.05) is 34.8 Å². The van der Waals surface area contributed by atoms with E-state index in [0.717, 1.165) is 18.8 Å². The van der Waals surface area contributed by atoms with E-state index in [0.29, 0.717) is 33.7 Å². The third-order valence-electron chi connectivity index (χ3n) is 3.87. The van der Waals surface area contributed by atoms with Crippen LogP contribution in [0.1, 0.15) is 10.4 Å². The van der Waals surface area contributed by atoms with E-state index in [-0.39, 0.29) is 5.91 Å². The van der Waals surface area contributed by atoms with E-state index in [4.69, 9.17) is 34.8 Å². The fourth-order valence-corrected chi connectivity index (χ4v) is 3.31. The predicted octanol–water partition coefficient (Wildman–Crippen LogP) is 4.61. The molecule has 6 heteroatoms. The van der Waals surface area contributed by atoms with Gasteiger partial charge in [-0.15, -0.1) is 0 Å². The van der Waals surface area contributed by atoms with Crippen LogP contribution < -0.4 is 4.90 Å². The van der Waals surface area contributed by atoms with Gasteiger partial charge >= 0.3 is 0 Å². The van der Waals surface area contributed by atoms with E-state index in [1.807, 2.05) is 17.0 Å². The zero-order valence-electron chi connectivity index (χ0n) is 12.3. The molecule has 1 saturated heterocycles. The zero-order chi connectivity index (χ0) is 16.4. The Hall–Kier alpha value is -1.42. The van der Waals surface area contributed by atoms with Crippen LogP contribution in [0.5, 0.6) is 0 Å². The van der Waals surface area contributed by atoms with Crippen molar-refractivity contribution in [3.63, 3.8) is 0 Å². The highest BCUT2D eigenvalue weighted by atomic mass is 35.5. The molecule has 3 rings (SSSR count). The second kappa shape index (κ2) is 7.00. The highest BCUT2D eigenvalue weighted by Crippen LogP contribution is 2.26. The van der Waals surface area contributed by atoms with Gasteiger partial charge in [-0.2, -0.15) is 0 Å². The summed E-state index contributed by atoms with van der Waals surface area (Å²) >= 11 is 18.0. The molecule has 0 atom stereocenters. The maximum Gasteiger partial charge on any atom is 0.253 e. The Morgan fingerprint density at radius 2 is 1.35 bits per heavy atom. The van der Waals surface area contributed by atoms with Gasteiger partial charge in [0.2, 0.25) is 0 Å². The summed E-state index contributed by atoms with van der Waals surface area (Å²) in [4.78, 5) is 16.5. The van der Waals surface area contributed by atoms with Gasteiger partial charge < -0.3 is 9.80 Å². The first-order valence-electron chi connectivity index (χ1n) is 7.29. The number of piperazine rings is 1. The first-order valence-corrected chi connectivity index (χ1v) is 8.42. The molecule has 0 unspecified atom stereocenters. The van der Waals surface area contributed by atoms with Crippen LogP contribution in [0.15, 0.2) is 42.5 Å². The van der Waals surface area contributed by atoms with Crippen molar-refractivity contribution in [3.8, 4) is 0 Å². The first kappa shape index (κ1) is 16.4.